The fraction of sp³-hybridized carbons (Fsp3) is 0. The lowest BCUT2D eigenvalue weighted by Gasteiger charge is -2.17. The largest absolute Gasteiger partial charge is 0.309 e. The number of para-hydroxylation sites is 1. The van der Waals surface area contributed by atoms with Gasteiger partial charge < -0.3 is 4.57 Å². The van der Waals surface area contributed by atoms with Gasteiger partial charge in [0.2, 0.25) is 0 Å². The van der Waals surface area contributed by atoms with E-state index >= 15 is 0 Å². The molecule has 0 bridgehead atoms. The molecule has 3 nitrogen and oxygen atoms in total. The van der Waals surface area contributed by atoms with Gasteiger partial charge >= 0.3 is 0 Å². The van der Waals surface area contributed by atoms with Crippen LogP contribution in [0.2, 0.25) is 0 Å². The Bertz CT molecular complexity index is 2250. The second kappa shape index (κ2) is 9.19. The number of rotatable bonds is 3. The van der Waals surface area contributed by atoms with Crippen LogP contribution in [0.5, 0.6) is 0 Å². The molecule has 0 unspecified atom stereocenters. The fourth-order valence-electron chi connectivity index (χ4n) is 6.32. The zero-order valence-electron chi connectivity index (χ0n) is 22.1. The molecule has 0 spiro atoms. The van der Waals surface area contributed by atoms with E-state index in [1.54, 1.807) is 0 Å². The third-order valence-electron chi connectivity index (χ3n) is 8.05. The molecule has 0 fully saturated rings. The molecule has 0 saturated carbocycles. The smallest absolute Gasteiger partial charge is 0.0992 e. The van der Waals surface area contributed by atoms with Gasteiger partial charge in [-0.05, 0) is 75.1 Å². The van der Waals surface area contributed by atoms with Gasteiger partial charge in [0.15, 0.2) is 0 Å². The van der Waals surface area contributed by atoms with E-state index in [4.69, 9.17) is 4.98 Å². The van der Waals surface area contributed by atoms with Crippen molar-refractivity contribution < 1.29 is 0 Å². The Balaban J connectivity index is 1.50. The van der Waals surface area contributed by atoms with Gasteiger partial charge in [-0.25, -0.2) is 0 Å². The summed E-state index contributed by atoms with van der Waals surface area (Å²) in [5, 5.41) is 16.7. The second-order valence-electron chi connectivity index (χ2n) is 10.3. The van der Waals surface area contributed by atoms with Crippen LogP contribution in [0.25, 0.3) is 71.4 Å². The summed E-state index contributed by atoms with van der Waals surface area (Å²) in [7, 11) is 0. The first kappa shape index (κ1) is 23.2. The lowest BCUT2D eigenvalue weighted by Crippen LogP contribution is -1.95. The summed E-state index contributed by atoms with van der Waals surface area (Å²) in [6, 6.07) is 48.9. The molecule has 0 aliphatic rings. The van der Waals surface area contributed by atoms with Crippen LogP contribution >= 0.6 is 0 Å². The molecule has 0 amide bonds. The molecular weight excluding hydrogens is 498 g/mol. The fourth-order valence-corrected chi connectivity index (χ4v) is 6.32. The van der Waals surface area contributed by atoms with Crippen LogP contribution in [-0.2, 0) is 0 Å². The van der Waals surface area contributed by atoms with Gasteiger partial charge in [0.05, 0.1) is 28.4 Å². The molecule has 0 saturated heterocycles. The lowest BCUT2D eigenvalue weighted by molar-refractivity contribution is 1.18. The van der Waals surface area contributed by atoms with Crippen molar-refractivity contribution in [3.8, 4) is 34.1 Å². The van der Waals surface area contributed by atoms with Crippen molar-refractivity contribution in [2.75, 3.05) is 0 Å². The highest BCUT2D eigenvalue weighted by Gasteiger charge is 2.19. The van der Waals surface area contributed by atoms with Crippen LogP contribution in [-0.4, -0.2) is 9.55 Å². The third-order valence-corrected chi connectivity index (χ3v) is 8.05. The Morgan fingerprint density at radius 2 is 1.10 bits per heavy atom. The minimum Gasteiger partial charge on any atom is -0.309 e. The summed E-state index contributed by atoms with van der Waals surface area (Å²) < 4.78 is 2.28. The average Bonchev–Trinajstić information content (AvgIpc) is 3.37. The van der Waals surface area contributed by atoms with Crippen molar-refractivity contribution in [1.29, 1.82) is 5.26 Å². The Kier molecular flexibility index (Phi) is 5.20. The molecule has 2 heterocycles. The molecule has 0 aliphatic heterocycles. The van der Waals surface area contributed by atoms with E-state index in [0.717, 1.165) is 44.3 Å². The number of pyridine rings is 1. The number of benzene rings is 6. The molecule has 8 rings (SSSR count). The average molecular weight is 522 g/mol. The van der Waals surface area contributed by atoms with Crippen LogP contribution in [0, 0.1) is 11.3 Å². The number of hydrogen-bond donors (Lipinski definition) is 0. The second-order valence-corrected chi connectivity index (χ2v) is 10.3. The van der Waals surface area contributed by atoms with E-state index in [1.165, 1.54) is 27.1 Å². The van der Waals surface area contributed by atoms with E-state index in [0.29, 0.717) is 5.56 Å². The highest BCUT2D eigenvalue weighted by Crippen LogP contribution is 2.44. The maximum atomic E-state index is 9.67. The normalized spacial score (nSPS) is 11.4. The monoisotopic (exact) mass is 521 g/mol. The molecule has 0 atom stereocenters. The SMILES string of the molecule is N#Cc1ccc2c3ccc(-c4c5ccccc5c(-c5ccccn5)c5ccccc45)cc3n(-c3ccccc3)c2c1. The van der Waals surface area contributed by atoms with Crippen LogP contribution in [0.15, 0.2) is 140 Å². The van der Waals surface area contributed by atoms with E-state index < -0.39 is 0 Å². The van der Waals surface area contributed by atoms with Crippen LogP contribution in [0.1, 0.15) is 5.56 Å². The Morgan fingerprint density at radius 1 is 0.512 bits per heavy atom. The Hall–Kier alpha value is -5.72. The number of hydrogen-bond acceptors (Lipinski definition) is 2. The molecule has 0 radical (unpaired) electrons. The third kappa shape index (κ3) is 3.55. The van der Waals surface area contributed by atoms with Crippen molar-refractivity contribution >= 4 is 43.4 Å². The highest BCUT2D eigenvalue weighted by molar-refractivity contribution is 6.22. The first-order valence-corrected chi connectivity index (χ1v) is 13.7. The van der Waals surface area contributed by atoms with E-state index in [1.807, 2.05) is 36.5 Å². The minimum absolute atomic E-state index is 0.653. The molecule has 41 heavy (non-hydrogen) atoms. The van der Waals surface area contributed by atoms with Crippen molar-refractivity contribution in [3.05, 3.63) is 145 Å². The summed E-state index contributed by atoms with van der Waals surface area (Å²) in [5.41, 5.74) is 8.35. The molecule has 190 valence electrons. The van der Waals surface area contributed by atoms with Crippen molar-refractivity contribution in [2.24, 2.45) is 0 Å². The van der Waals surface area contributed by atoms with Crippen LogP contribution in [0.4, 0.5) is 0 Å². The molecular formula is C38H23N3. The standard InChI is InChI=1S/C38H23N3/c39-24-25-17-19-28-29-20-18-26(23-36(29)41(35(28)22-25)27-10-2-1-3-11-27)37-30-12-4-6-14-32(30)38(34-16-8-9-21-40-34)33-15-7-5-13-31(33)37/h1-23H. The Morgan fingerprint density at radius 3 is 1.73 bits per heavy atom. The predicted molar refractivity (Wildman–Crippen MR) is 169 cm³/mol. The maximum absolute atomic E-state index is 9.67. The van der Waals surface area contributed by atoms with E-state index in [2.05, 4.69) is 114 Å². The summed E-state index contributed by atoms with van der Waals surface area (Å²) in [6.07, 6.45) is 1.86. The number of aromatic nitrogens is 2. The topological polar surface area (TPSA) is 41.6 Å². The quantitative estimate of drug-likeness (QED) is 0.217. The number of fused-ring (bicyclic) bond motifs is 5. The first-order chi connectivity index (χ1) is 20.3. The van der Waals surface area contributed by atoms with Crippen molar-refractivity contribution in [2.45, 2.75) is 0 Å². The predicted octanol–water partition coefficient (Wildman–Crippen LogP) is 9.69. The molecule has 3 heteroatoms. The van der Waals surface area contributed by atoms with Gasteiger partial charge in [0.1, 0.15) is 0 Å². The van der Waals surface area contributed by atoms with Gasteiger partial charge in [0, 0.05) is 28.2 Å². The van der Waals surface area contributed by atoms with Gasteiger partial charge in [0.25, 0.3) is 0 Å². The van der Waals surface area contributed by atoms with E-state index in [-0.39, 0.29) is 0 Å². The minimum atomic E-state index is 0.653. The highest BCUT2D eigenvalue weighted by atomic mass is 15.0. The molecule has 8 aromatic rings. The number of nitriles is 1. The Labute approximate surface area is 237 Å². The van der Waals surface area contributed by atoms with Crippen molar-refractivity contribution in [3.63, 3.8) is 0 Å². The van der Waals surface area contributed by atoms with Gasteiger partial charge in [-0.15, -0.1) is 0 Å². The maximum Gasteiger partial charge on any atom is 0.0992 e. The van der Waals surface area contributed by atoms with E-state index in [9.17, 15) is 5.26 Å². The lowest BCUT2D eigenvalue weighted by atomic mass is 9.87. The zero-order valence-corrected chi connectivity index (χ0v) is 22.1. The van der Waals surface area contributed by atoms with Crippen LogP contribution in [0.3, 0.4) is 0 Å². The number of nitrogens with zero attached hydrogens (tertiary/aromatic N) is 3. The van der Waals surface area contributed by atoms with Crippen molar-refractivity contribution in [1.82, 2.24) is 9.55 Å². The molecule has 0 N–H and O–H groups in total. The first-order valence-electron chi connectivity index (χ1n) is 13.7. The summed E-state index contributed by atoms with van der Waals surface area (Å²) in [4.78, 5) is 4.75. The van der Waals surface area contributed by atoms with Crippen LogP contribution < -0.4 is 0 Å². The zero-order chi connectivity index (χ0) is 27.3. The molecule has 6 aromatic carbocycles. The summed E-state index contributed by atoms with van der Waals surface area (Å²) in [6.45, 7) is 0. The van der Waals surface area contributed by atoms with Gasteiger partial charge in [-0.3, -0.25) is 4.98 Å². The van der Waals surface area contributed by atoms with Gasteiger partial charge in [-0.1, -0.05) is 91.0 Å². The summed E-state index contributed by atoms with van der Waals surface area (Å²) in [5.74, 6) is 0. The van der Waals surface area contributed by atoms with Gasteiger partial charge in [-0.2, -0.15) is 5.26 Å². The molecule has 2 aromatic heterocycles. The summed E-state index contributed by atoms with van der Waals surface area (Å²) >= 11 is 0. The molecule has 0 aliphatic carbocycles.